The van der Waals surface area contributed by atoms with Crippen molar-refractivity contribution in [3.63, 3.8) is 0 Å². The lowest BCUT2D eigenvalue weighted by Crippen LogP contribution is -2.10. The van der Waals surface area contributed by atoms with E-state index in [9.17, 15) is 0 Å². The van der Waals surface area contributed by atoms with Crippen LogP contribution in [0.1, 0.15) is 5.56 Å². The third-order valence-corrected chi connectivity index (χ3v) is 3.79. The van der Waals surface area contributed by atoms with Gasteiger partial charge in [-0.3, -0.25) is 0 Å². The molecule has 2 aromatic rings. The molecule has 0 radical (unpaired) electrons. The monoisotopic (exact) mass is 284 g/mol. The summed E-state index contributed by atoms with van der Waals surface area (Å²) in [7, 11) is 4.13. The molecule has 0 heterocycles. The molecule has 0 aliphatic rings. The van der Waals surface area contributed by atoms with Crippen molar-refractivity contribution < 1.29 is 0 Å². The van der Waals surface area contributed by atoms with E-state index in [2.05, 4.69) is 55.4 Å². The van der Waals surface area contributed by atoms with Crippen molar-refractivity contribution in [1.29, 1.82) is 0 Å². The molecular formula is C17H20N2S. The number of anilines is 1. The molecule has 0 aliphatic heterocycles. The van der Waals surface area contributed by atoms with Crippen molar-refractivity contribution in [2.75, 3.05) is 26.4 Å². The van der Waals surface area contributed by atoms with Crippen LogP contribution in [0.3, 0.4) is 0 Å². The predicted molar refractivity (Wildman–Crippen MR) is 89.0 cm³/mol. The minimum atomic E-state index is 0.802. The third kappa shape index (κ3) is 4.76. The lowest BCUT2D eigenvalue weighted by molar-refractivity contribution is 0.457. The zero-order valence-corrected chi connectivity index (χ0v) is 12.7. The van der Waals surface area contributed by atoms with Gasteiger partial charge < -0.3 is 10.6 Å². The topological polar surface area (TPSA) is 29.3 Å². The summed E-state index contributed by atoms with van der Waals surface area (Å²) < 4.78 is 0. The summed E-state index contributed by atoms with van der Waals surface area (Å²) in [4.78, 5) is 4.58. The highest BCUT2D eigenvalue weighted by Crippen LogP contribution is 2.28. The Hall–Kier alpha value is -1.71. The van der Waals surface area contributed by atoms with Gasteiger partial charge in [0.25, 0.3) is 0 Å². The second-order valence-corrected chi connectivity index (χ2v) is 6.05. The second kappa shape index (κ2) is 7.17. The van der Waals surface area contributed by atoms with Crippen molar-refractivity contribution in [3.8, 4) is 0 Å². The van der Waals surface area contributed by atoms with Crippen LogP contribution < -0.4 is 5.73 Å². The van der Waals surface area contributed by atoms with Gasteiger partial charge in [-0.2, -0.15) is 0 Å². The molecule has 0 saturated heterocycles. The molecule has 2 nitrogen and oxygen atoms in total. The summed E-state index contributed by atoms with van der Waals surface area (Å²) in [6.07, 6.45) is 4.32. The van der Waals surface area contributed by atoms with Crippen LogP contribution >= 0.6 is 11.8 Å². The van der Waals surface area contributed by atoms with Gasteiger partial charge in [0.1, 0.15) is 0 Å². The standard InChI is InChI=1S/C17H20N2S/c1-19(2)13-3-4-14-5-9-16(10-6-14)20-17-11-7-15(18)8-12-17/h3-12H,13,18H2,1-2H3. The summed E-state index contributed by atoms with van der Waals surface area (Å²) in [5.41, 5.74) is 7.72. The summed E-state index contributed by atoms with van der Waals surface area (Å²) >= 11 is 1.75. The lowest BCUT2D eigenvalue weighted by Gasteiger charge is -2.04. The van der Waals surface area contributed by atoms with E-state index in [1.165, 1.54) is 15.4 Å². The number of likely N-dealkylation sites (N-methyl/N-ethyl adjacent to an activating group) is 1. The smallest absolute Gasteiger partial charge is 0.0314 e. The molecule has 2 aromatic carbocycles. The number of nitrogens with two attached hydrogens (primary N) is 1. The summed E-state index contributed by atoms with van der Waals surface area (Å²) in [5, 5.41) is 0. The highest BCUT2D eigenvalue weighted by atomic mass is 32.2. The van der Waals surface area contributed by atoms with Gasteiger partial charge in [-0.05, 0) is 56.1 Å². The lowest BCUT2D eigenvalue weighted by atomic mass is 10.2. The normalized spacial score (nSPS) is 11.3. The van der Waals surface area contributed by atoms with E-state index in [1.54, 1.807) is 11.8 Å². The van der Waals surface area contributed by atoms with E-state index < -0.39 is 0 Å². The zero-order valence-electron chi connectivity index (χ0n) is 11.9. The average molecular weight is 284 g/mol. The van der Waals surface area contributed by atoms with Gasteiger partial charge in [0.2, 0.25) is 0 Å². The molecular weight excluding hydrogens is 264 g/mol. The summed E-state index contributed by atoms with van der Waals surface area (Å²) in [6, 6.07) is 16.5. The van der Waals surface area contributed by atoms with E-state index in [0.717, 1.165) is 12.2 Å². The maximum Gasteiger partial charge on any atom is 0.0314 e. The quantitative estimate of drug-likeness (QED) is 0.842. The van der Waals surface area contributed by atoms with Gasteiger partial charge in [-0.1, -0.05) is 36.0 Å². The van der Waals surface area contributed by atoms with Gasteiger partial charge in [0.05, 0.1) is 0 Å². The van der Waals surface area contributed by atoms with Crippen LogP contribution in [-0.4, -0.2) is 25.5 Å². The highest BCUT2D eigenvalue weighted by molar-refractivity contribution is 7.99. The van der Waals surface area contributed by atoms with Gasteiger partial charge in [-0.25, -0.2) is 0 Å². The van der Waals surface area contributed by atoms with E-state index in [4.69, 9.17) is 5.73 Å². The Balaban J connectivity index is 1.97. The highest BCUT2D eigenvalue weighted by Gasteiger charge is 1.97. The molecule has 20 heavy (non-hydrogen) atoms. The first kappa shape index (κ1) is 14.7. The third-order valence-electron chi connectivity index (χ3n) is 2.78. The minimum Gasteiger partial charge on any atom is -0.399 e. The second-order valence-electron chi connectivity index (χ2n) is 4.90. The van der Waals surface area contributed by atoms with E-state index >= 15 is 0 Å². The largest absolute Gasteiger partial charge is 0.399 e. The Labute approximate surface area is 125 Å². The Morgan fingerprint density at radius 1 is 0.950 bits per heavy atom. The molecule has 0 bridgehead atoms. The molecule has 104 valence electrons. The molecule has 0 saturated carbocycles. The number of hydrogen-bond acceptors (Lipinski definition) is 3. The van der Waals surface area contributed by atoms with E-state index in [-0.39, 0.29) is 0 Å². The fourth-order valence-corrected chi connectivity index (χ4v) is 2.54. The molecule has 2 N–H and O–H groups in total. The molecule has 0 atom stereocenters. The SMILES string of the molecule is CN(C)CC=Cc1ccc(Sc2ccc(N)cc2)cc1. The van der Waals surface area contributed by atoms with E-state index in [1.807, 2.05) is 24.3 Å². The zero-order chi connectivity index (χ0) is 14.4. The number of nitrogen functional groups attached to an aromatic ring is 1. The molecule has 0 amide bonds. The Morgan fingerprint density at radius 2 is 1.50 bits per heavy atom. The first-order chi connectivity index (χ1) is 9.63. The van der Waals surface area contributed by atoms with Crippen molar-refractivity contribution in [2.24, 2.45) is 0 Å². The van der Waals surface area contributed by atoms with Crippen molar-refractivity contribution >= 4 is 23.5 Å². The predicted octanol–water partition coefficient (Wildman–Crippen LogP) is 3.99. The summed E-state index contributed by atoms with van der Waals surface area (Å²) in [5.74, 6) is 0. The van der Waals surface area contributed by atoms with Crippen LogP contribution in [-0.2, 0) is 0 Å². The van der Waals surface area contributed by atoms with Crippen LogP contribution in [0, 0.1) is 0 Å². The maximum atomic E-state index is 5.69. The fraction of sp³-hybridized carbons (Fsp3) is 0.176. The minimum absolute atomic E-state index is 0.802. The molecule has 2 rings (SSSR count). The van der Waals surface area contributed by atoms with E-state index in [0.29, 0.717) is 0 Å². The van der Waals surface area contributed by atoms with Gasteiger partial charge in [0.15, 0.2) is 0 Å². The summed E-state index contributed by atoms with van der Waals surface area (Å²) in [6.45, 7) is 0.960. The van der Waals surface area contributed by atoms with Gasteiger partial charge in [-0.15, -0.1) is 0 Å². The van der Waals surface area contributed by atoms with Crippen LogP contribution in [0.4, 0.5) is 5.69 Å². The van der Waals surface area contributed by atoms with Crippen LogP contribution in [0.15, 0.2) is 64.4 Å². The Morgan fingerprint density at radius 3 is 2.05 bits per heavy atom. The van der Waals surface area contributed by atoms with Gasteiger partial charge in [0, 0.05) is 22.0 Å². The number of rotatable bonds is 5. The van der Waals surface area contributed by atoms with Crippen LogP contribution in [0.25, 0.3) is 6.08 Å². The van der Waals surface area contributed by atoms with Gasteiger partial charge >= 0.3 is 0 Å². The number of hydrogen-bond donors (Lipinski definition) is 1. The van der Waals surface area contributed by atoms with Crippen molar-refractivity contribution in [2.45, 2.75) is 9.79 Å². The average Bonchev–Trinajstić information content (AvgIpc) is 2.43. The molecule has 3 heteroatoms. The van der Waals surface area contributed by atoms with Crippen LogP contribution in [0.2, 0.25) is 0 Å². The Bertz CT molecular complexity index is 557. The first-order valence-electron chi connectivity index (χ1n) is 6.58. The molecule has 0 aliphatic carbocycles. The Kier molecular flexibility index (Phi) is 5.27. The molecule has 0 aromatic heterocycles. The fourth-order valence-electron chi connectivity index (χ4n) is 1.72. The molecule has 0 fully saturated rings. The van der Waals surface area contributed by atoms with Crippen molar-refractivity contribution in [1.82, 2.24) is 4.90 Å². The molecule has 0 spiro atoms. The molecule has 0 unspecified atom stereocenters. The number of benzene rings is 2. The van der Waals surface area contributed by atoms with Crippen LogP contribution in [0.5, 0.6) is 0 Å². The first-order valence-corrected chi connectivity index (χ1v) is 7.40. The number of nitrogens with zero attached hydrogens (tertiary/aromatic N) is 1. The van der Waals surface area contributed by atoms with Crippen molar-refractivity contribution in [3.05, 3.63) is 60.2 Å². The maximum absolute atomic E-state index is 5.69.